The van der Waals surface area contributed by atoms with Crippen LogP contribution in [0.2, 0.25) is 0 Å². The van der Waals surface area contributed by atoms with Gasteiger partial charge in [0.15, 0.2) is 0 Å². The Morgan fingerprint density at radius 2 is 1.94 bits per heavy atom. The van der Waals surface area contributed by atoms with Gasteiger partial charge in [0.2, 0.25) is 5.91 Å². The van der Waals surface area contributed by atoms with Gasteiger partial charge in [-0.3, -0.25) is 4.79 Å². The van der Waals surface area contributed by atoms with Crippen LogP contribution in [0.4, 0.5) is 0 Å². The molecule has 0 saturated heterocycles. The number of amides is 1. The van der Waals surface area contributed by atoms with Crippen LogP contribution in [0, 0.1) is 0 Å². The van der Waals surface area contributed by atoms with Crippen LogP contribution < -0.4 is 10.6 Å². The van der Waals surface area contributed by atoms with E-state index in [9.17, 15) is 4.79 Å². The van der Waals surface area contributed by atoms with Crippen molar-refractivity contribution in [1.29, 1.82) is 0 Å². The molecule has 0 aliphatic heterocycles. The summed E-state index contributed by atoms with van der Waals surface area (Å²) < 4.78 is 0. The van der Waals surface area contributed by atoms with Gasteiger partial charge in [0, 0.05) is 6.54 Å². The average molecular weight is 220 g/mol. The maximum absolute atomic E-state index is 11.2. The molecule has 0 aliphatic carbocycles. The molecular formula is C13H20N2O. The van der Waals surface area contributed by atoms with Crippen molar-refractivity contribution in [1.82, 2.24) is 10.6 Å². The highest BCUT2D eigenvalue weighted by Crippen LogP contribution is 1.97. The van der Waals surface area contributed by atoms with E-state index < -0.39 is 0 Å². The number of benzene rings is 1. The zero-order valence-electron chi connectivity index (χ0n) is 9.83. The Balaban J connectivity index is 2.06. The molecule has 0 saturated carbocycles. The molecule has 2 N–H and O–H groups in total. The molecule has 3 nitrogen and oxygen atoms in total. The normalized spacial score (nSPS) is 10.1. The summed E-state index contributed by atoms with van der Waals surface area (Å²) in [4.78, 5) is 11.2. The van der Waals surface area contributed by atoms with Gasteiger partial charge >= 0.3 is 0 Å². The summed E-state index contributed by atoms with van der Waals surface area (Å²) in [6.45, 7) is 4.05. The smallest absolute Gasteiger partial charge is 0.233 e. The van der Waals surface area contributed by atoms with E-state index >= 15 is 0 Å². The summed E-state index contributed by atoms with van der Waals surface area (Å²) >= 11 is 0. The Hall–Kier alpha value is -1.35. The second kappa shape index (κ2) is 7.88. The number of nitrogens with one attached hydrogen (secondary N) is 2. The third kappa shape index (κ3) is 5.51. The Kier molecular flexibility index (Phi) is 6.26. The quantitative estimate of drug-likeness (QED) is 0.681. The first kappa shape index (κ1) is 12.7. The Morgan fingerprint density at radius 3 is 2.62 bits per heavy atom. The Morgan fingerprint density at radius 1 is 1.19 bits per heavy atom. The first-order chi connectivity index (χ1) is 7.83. The van der Waals surface area contributed by atoms with Gasteiger partial charge in [0.1, 0.15) is 0 Å². The zero-order valence-corrected chi connectivity index (χ0v) is 9.83. The van der Waals surface area contributed by atoms with Crippen molar-refractivity contribution in [3.8, 4) is 0 Å². The van der Waals surface area contributed by atoms with E-state index in [1.165, 1.54) is 5.56 Å². The van der Waals surface area contributed by atoms with Crippen molar-refractivity contribution in [3.63, 3.8) is 0 Å². The lowest BCUT2D eigenvalue weighted by Gasteiger charge is -2.05. The summed E-state index contributed by atoms with van der Waals surface area (Å²) in [6.07, 6.45) is 1.94. The molecule has 0 aliphatic rings. The van der Waals surface area contributed by atoms with Crippen LogP contribution in [-0.2, 0) is 11.2 Å². The fourth-order valence-corrected chi connectivity index (χ4v) is 1.41. The van der Waals surface area contributed by atoms with Gasteiger partial charge in [-0.1, -0.05) is 37.3 Å². The Bertz CT molecular complexity index is 298. The lowest BCUT2D eigenvalue weighted by Crippen LogP contribution is -2.35. The van der Waals surface area contributed by atoms with Crippen LogP contribution in [0.1, 0.15) is 18.9 Å². The number of hydrogen-bond donors (Lipinski definition) is 2. The summed E-state index contributed by atoms with van der Waals surface area (Å²) in [5.74, 6) is 0.0786. The minimum atomic E-state index is 0.0786. The van der Waals surface area contributed by atoms with Crippen LogP contribution in [0.3, 0.4) is 0 Å². The second-order valence-corrected chi connectivity index (χ2v) is 3.76. The predicted octanol–water partition coefficient (Wildman–Crippen LogP) is 1.34. The number of carbonyl (C=O) groups excluding carboxylic acids is 1. The van der Waals surface area contributed by atoms with Crippen molar-refractivity contribution >= 4 is 5.91 Å². The average Bonchev–Trinajstić information content (AvgIpc) is 2.33. The summed E-state index contributed by atoms with van der Waals surface area (Å²) in [7, 11) is 0. The molecule has 3 heteroatoms. The molecule has 1 aromatic rings. The van der Waals surface area contributed by atoms with E-state index in [-0.39, 0.29) is 5.91 Å². The van der Waals surface area contributed by atoms with Crippen LogP contribution in [0.5, 0.6) is 0 Å². The van der Waals surface area contributed by atoms with Crippen molar-refractivity contribution < 1.29 is 4.79 Å². The molecule has 0 heterocycles. The molecule has 0 aromatic heterocycles. The van der Waals surface area contributed by atoms with Crippen LogP contribution in [0.15, 0.2) is 30.3 Å². The maximum atomic E-state index is 11.2. The summed E-state index contributed by atoms with van der Waals surface area (Å²) in [5, 5.41) is 5.96. The molecule has 0 fully saturated rings. The van der Waals surface area contributed by atoms with Crippen LogP contribution in [-0.4, -0.2) is 25.5 Å². The van der Waals surface area contributed by atoms with Gasteiger partial charge in [-0.15, -0.1) is 0 Å². The van der Waals surface area contributed by atoms with E-state index in [1.54, 1.807) is 0 Å². The fraction of sp³-hybridized carbons (Fsp3) is 0.462. The number of rotatable bonds is 7. The predicted molar refractivity (Wildman–Crippen MR) is 66.3 cm³/mol. The van der Waals surface area contributed by atoms with E-state index in [0.717, 1.165) is 25.9 Å². The van der Waals surface area contributed by atoms with E-state index in [2.05, 4.69) is 22.8 Å². The van der Waals surface area contributed by atoms with Crippen LogP contribution >= 0.6 is 0 Å². The standard InChI is InChI=1S/C13H20N2O/c1-2-9-15-13(16)11-14-10-8-12-6-4-3-5-7-12/h3-7,14H,2,8-11H2,1H3,(H,15,16). The second-order valence-electron chi connectivity index (χ2n) is 3.76. The lowest BCUT2D eigenvalue weighted by atomic mass is 10.1. The number of hydrogen-bond acceptors (Lipinski definition) is 2. The van der Waals surface area contributed by atoms with E-state index in [1.807, 2.05) is 25.1 Å². The third-order valence-electron chi connectivity index (χ3n) is 2.29. The zero-order chi connectivity index (χ0) is 11.6. The lowest BCUT2D eigenvalue weighted by molar-refractivity contribution is -0.120. The number of carbonyl (C=O) groups is 1. The van der Waals surface area contributed by atoms with E-state index in [4.69, 9.17) is 0 Å². The molecule has 16 heavy (non-hydrogen) atoms. The Labute approximate surface area is 97.2 Å². The van der Waals surface area contributed by atoms with Gasteiger partial charge in [-0.25, -0.2) is 0 Å². The van der Waals surface area contributed by atoms with E-state index in [0.29, 0.717) is 6.54 Å². The SMILES string of the molecule is CCCNC(=O)CNCCc1ccccc1. The van der Waals surface area contributed by atoms with Crippen molar-refractivity contribution in [2.24, 2.45) is 0 Å². The molecule has 88 valence electrons. The highest BCUT2D eigenvalue weighted by Gasteiger charge is 1.98. The van der Waals surface area contributed by atoms with Gasteiger partial charge in [-0.2, -0.15) is 0 Å². The van der Waals surface area contributed by atoms with Crippen molar-refractivity contribution in [3.05, 3.63) is 35.9 Å². The molecule has 0 spiro atoms. The molecule has 0 bridgehead atoms. The van der Waals surface area contributed by atoms with Gasteiger partial charge in [0.05, 0.1) is 6.54 Å². The molecule has 0 atom stereocenters. The third-order valence-corrected chi connectivity index (χ3v) is 2.29. The molecule has 0 radical (unpaired) electrons. The monoisotopic (exact) mass is 220 g/mol. The van der Waals surface area contributed by atoms with Crippen molar-refractivity contribution in [2.75, 3.05) is 19.6 Å². The molecular weight excluding hydrogens is 200 g/mol. The topological polar surface area (TPSA) is 41.1 Å². The fourth-order valence-electron chi connectivity index (χ4n) is 1.41. The summed E-state index contributed by atoms with van der Waals surface area (Å²) in [6, 6.07) is 10.3. The highest BCUT2D eigenvalue weighted by atomic mass is 16.1. The summed E-state index contributed by atoms with van der Waals surface area (Å²) in [5.41, 5.74) is 1.30. The largest absolute Gasteiger partial charge is 0.355 e. The molecule has 1 aromatic carbocycles. The first-order valence-electron chi connectivity index (χ1n) is 5.84. The van der Waals surface area contributed by atoms with Gasteiger partial charge < -0.3 is 10.6 Å². The van der Waals surface area contributed by atoms with Gasteiger partial charge in [0.25, 0.3) is 0 Å². The molecule has 0 unspecified atom stereocenters. The van der Waals surface area contributed by atoms with Crippen LogP contribution in [0.25, 0.3) is 0 Å². The minimum Gasteiger partial charge on any atom is -0.355 e. The molecule has 1 amide bonds. The maximum Gasteiger partial charge on any atom is 0.233 e. The first-order valence-corrected chi connectivity index (χ1v) is 5.84. The minimum absolute atomic E-state index is 0.0786. The molecule has 1 rings (SSSR count). The highest BCUT2D eigenvalue weighted by molar-refractivity contribution is 5.77. The van der Waals surface area contributed by atoms with Gasteiger partial charge in [-0.05, 0) is 24.9 Å². The van der Waals surface area contributed by atoms with Crippen molar-refractivity contribution in [2.45, 2.75) is 19.8 Å².